The topological polar surface area (TPSA) is 60.7 Å². The van der Waals surface area contributed by atoms with Crippen LogP contribution in [0.3, 0.4) is 0 Å². The Kier molecular flexibility index (Phi) is 5.67. The lowest BCUT2D eigenvalue weighted by Crippen LogP contribution is -2.25. The summed E-state index contributed by atoms with van der Waals surface area (Å²) in [6.07, 6.45) is 2.61. The SMILES string of the molecule is CCOC(=O)c1ccc(-c2ccc(CNC[C@H]3CCCO3)o2)cc1. The summed E-state index contributed by atoms with van der Waals surface area (Å²) in [5.41, 5.74) is 1.49. The molecule has 1 saturated heterocycles. The Balaban J connectivity index is 1.55. The van der Waals surface area contributed by atoms with Gasteiger partial charge in [-0.05, 0) is 44.0 Å². The highest BCUT2D eigenvalue weighted by Gasteiger charge is 2.15. The average Bonchev–Trinajstić information content (AvgIpc) is 3.27. The van der Waals surface area contributed by atoms with Crippen molar-refractivity contribution in [1.82, 2.24) is 5.32 Å². The van der Waals surface area contributed by atoms with Crippen LogP contribution >= 0.6 is 0 Å². The molecular formula is C19H23NO4. The maximum absolute atomic E-state index is 11.7. The molecule has 0 saturated carbocycles. The molecule has 1 N–H and O–H groups in total. The fourth-order valence-electron chi connectivity index (χ4n) is 2.77. The number of hydrogen-bond donors (Lipinski definition) is 1. The van der Waals surface area contributed by atoms with E-state index in [1.165, 1.54) is 0 Å². The van der Waals surface area contributed by atoms with Crippen LogP contribution in [0.15, 0.2) is 40.8 Å². The van der Waals surface area contributed by atoms with Gasteiger partial charge in [-0.25, -0.2) is 4.79 Å². The number of ether oxygens (including phenoxy) is 2. The van der Waals surface area contributed by atoms with Crippen molar-refractivity contribution in [2.75, 3.05) is 19.8 Å². The lowest BCUT2D eigenvalue weighted by atomic mass is 10.1. The Morgan fingerprint density at radius 2 is 2.08 bits per heavy atom. The standard InChI is InChI=1S/C19H23NO4/c1-2-22-19(21)15-7-5-14(6-8-15)18-10-9-17(24-18)13-20-12-16-4-3-11-23-16/h5-10,16,20H,2-4,11-13H2,1H3/t16-/m1/s1. The molecule has 0 amide bonds. The van der Waals surface area contributed by atoms with Gasteiger partial charge in [-0.1, -0.05) is 12.1 Å². The van der Waals surface area contributed by atoms with Crippen LogP contribution in [0.4, 0.5) is 0 Å². The van der Waals surface area contributed by atoms with Crippen LogP contribution in [0.25, 0.3) is 11.3 Å². The van der Waals surface area contributed by atoms with E-state index in [2.05, 4.69) is 5.32 Å². The first-order valence-corrected chi connectivity index (χ1v) is 8.45. The maximum Gasteiger partial charge on any atom is 0.338 e. The van der Waals surface area contributed by atoms with E-state index in [9.17, 15) is 4.79 Å². The molecule has 2 heterocycles. The van der Waals surface area contributed by atoms with Gasteiger partial charge in [0.15, 0.2) is 0 Å². The van der Waals surface area contributed by atoms with Crippen molar-refractivity contribution in [3.8, 4) is 11.3 Å². The molecule has 1 aliphatic heterocycles. The van der Waals surface area contributed by atoms with Gasteiger partial charge in [-0.2, -0.15) is 0 Å². The maximum atomic E-state index is 11.7. The molecule has 0 bridgehead atoms. The quantitative estimate of drug-likeness (QED) is 0.789. The van der Waals surface area contributed by atoms with Crippen LogP contribution < -0.4 is 5.32 Å². The second-order valence-electron chi connectivity index (χ2n) is 5.83. The Bertz CT molecular complexity index is 656. The highest BCUT2D eigenvalue weighted by molar-refractivity contribution is 5.89. The van der Waals surface area contributed by atoms with Crippen LogP contribution in [0.2, 0.25) is 0 Å². The van der Waals surface area contributed by atoms with Gasteiger partial charge < -0.3 is 19.2 Å². The lowest BCUT2D eigenvalue weighted by molar-refractivity contribution is 0.0526. The summed E-state index contributed by atoms with van der Waals surface area (Å²) >= 11 is 0. The van der Waals surface area contributed by atoms with E-state index in [4.69, 9.17) is 13.9 Å². The zero-order valence-electron chi connectivity index (χ0n) is 13.9. The summed E-state index contributed by atoms with van der Waals surface area (Å²) in [5.74, 6) is 1.37. The zero-order chi connectivity index (χ0) is 16.8. The predicted octanol–water partition coefficient (Wildman–Crippen LogP) is 3.39. The summed E-state index contributed by atoms with van der Waals surface area (Å²) in [5, 5.41) is 3.37. The third-order valence-corrected chi connectivity index (χ3v) is 4.04. The number of carbonyl (C=O) groups excluding carboxylic acids is 1. The van der Waals surface area contributed by atoms with Crippen molar-refractivity contribution in [3.63, 3.8) is 0 Å². The smallest absolute Gasteiger partial charge is 0.338 e. The molecule has 0 unspecified atom stereocenters. The van der Waals surface area contributed by atoms with Gasteiger partial charge in [0, 0.05) is 18.7 Å². The minimum atomic E-state index is -0.303. The number of nitrogens with one attached hydrogen (secondary N) is 1. The van der Waals surface area contributed by atoms with Gasteiger partial charge in [0.2, 0.25) is 0 Å². The number of hydrogen-bond acceptors (Lipinski definition) is 5. The van der Waals surface area contributed by atoms with Crippen molar-refractivity contribution < 1.29 is 18.7 Å². The molecule has 1 fully saturated rings. The first-order valence-electron chi connectivity index (χ1n) is 8.45. The Morgan fingerprint density at radius 3 is 2.79 bits per heavy atom. The molecule has 1 aromatic heterocycles. The largest absolute Gasteiger partial charge is 0.462 e. The van der Waals surface area contributed by atoms with Crippen LogP contribution in [-0.4, -0.2) is 31.8 Å². The first-order chi connectivity index (χ1) is 11.8. The highest BCUT2D eigenvalue weighted by atomic mass is 16.5. The fraction of sp³-hybridized carbons (Fsp3) is 0.421. The van der Waals surface area contributed by atoms with Crippen molar-refractivity contribution >= 4 is 5.97 Å². The molecule has 2 aromatic rings. The molecule has 1 aromatic carbocycles. The third kappa shape index (κ3) is 4.24. The summed E-state index contributed by atoms with van der Waals surface area (Å²) in [6.45, 7) is 4.58. The van der Waals surface area contributed by atoms with E-state index in [1.54, 1.807) is 19.1 Å². The summed E-state index contributed by atoms with van der Waals surface area (Å²) in [6, 6.07) is 11.2. The number of rotatable bonds is 7. The Labute approximate surface area is 141 Å². The predicted molar refractivity (Wildman–Crippen MR) is 90.8 cm³/mol. The molecule has 1 aliphatic rings. The van der Waals surface area contributed by atoms with Crippen molar-refractivity contribution in [3.05, 3.63) is 47.7 Å². The first kappa shape index (κ1) is 16.7. The number of benzene rings is 1. The van der Waals surface area contributed by atoms with Gasteiger partial charge in [0.25, 0.3) is 0 Å². The monoisotopic (exact) mass is 329 g/mol. The van der Waals surface area contributed by atoms with Gasteiger partial charge in [0.05, 0.1) is 24.8 Å². The lowest BCUT2D eigenvalue weighted by Gasteiger charge is -2.09. The third-order valence-electron chi connectivity index (χ3n) is 4.04. The average molecular weight is 329 g/mol. The minimum absolute atomic E-state index is 0.303. The summed E-state index contributed by atoms with van der Waals surface area (Å²) in [7, 11) is 0. The van der Waals surface area contributed by atoms with E-state index in [0.717, 1.165) is 43.1 Å². The second kappa shape index (κ2) is 8.13. The van der Waals surface area contributed by atoms with Crippen molar-refractivity contribution in [1.29, 1.82) is 0 Å². The Hall–Kier alpha value is -2.11. The van der Waals surface area contributed by atoms with Gasteiger partial charge in [-0.3, -0.25) is 0 Å². The van der Waals surface area contributed by atoms with E-state index < -0.39 is 0 Å². The fourth-order valence-corrected chi connectivity index (χ4v) is 2.77. The molecule has 0 radical (unpaired) electrons. The number of carbonyl (C=O) groups is 1. The molecular weight excluding hydrogens is 306 g/mol. The number of esters is 1. The molecule has 5 nitrogen and oxygen atoms in total. The van der Waals surface area contributed by atoms with Crippen molar-refractivity contribution in [2.45, 2.75) is 32.4 Å². The Morgan fingerprint density at radius 1 is 1.25 bits per heavy atom. The minimum Gasteiger partial charge on any atom is -0.462 e. The van der Waals surface area contributed by atoms with Crippen LogP contribution in [-0.2, 0) is 16.0 Å². The van der Waals surface area contributed by atoms with Gasteiger partial charge in [0.1, 0.15) is 11.5 Å². The van der Waals surface area contributed by atoms with Gasteiger partial charge in [-0.15, -0.1) is 0 Å². The van der Waals surface area contributed by atoms with Crippen LogP contribution in [0.5, 0.6) is 0 Å². The summed E-state index contributed by atoms with van der Waals surface area (Å²) < 4.78 is 16.4. The zero-order valence-corrected chi connectivity index (χ0v) is 13.9. The van der Waals surface area contributed by atoms with Crippen LogP contribution in [0.1, 0.15) is 35.9 Å². The molecule has 1 atom stereocenters. The van der Waals surface area contributed by atoms with Gasteiger partial charge >= 0.3 is 5.97 Å². The molecule has 24 heavy (non-hydrogen) atoms. The normalized spacial score (nSPS) is 17.1. The van der Waals surface area contributed by atoms with E-state index in [-0.39, 0.29) is 5.97 Å². The molecule has 128 valence electrons. The molecule has 5 heteroatoms. The summed E-state index contributed by atoms with van der Waals surface area (Å²) in [4.78, 5) is 11.7. The van der Waals surface area contributed by atoms with Crippen LogP contribution in [0, 0.1) is 0 Å². The van der Waals surface area contributed by atoms with E-state index in [0.29, 0.717) is 24.8 Å². The van der Waals surface area contributed by atoms with E-state index in [1.807, 2.05) is 24.3 Å². The second-order valence-corrected chi connectivity index (χ2v) is 5.83. The molecule has 3 rings (SSSR count). The highest BCUT2D eigenvalue weighted by Crippen LogP contribution is 2.23. The van der Waals surface area contributed by atoms with Crippen molar-refractivity contribution in [2.24, 2.45) is 0 Å². The van der Waals surface area contributed by atoms with E-state index >= 15 is 0 Å². The molecule has 0 spiro atoms. The molecule has 0 aliphatic carbocycles. The number of furan rings is 1.